The van der Waals surface area contributed by atoms with Gasteiger partial charge in [-0.1, -0.05) is 6.42 Å². The van der Waals surface area contributed by atoms with Crippen LogP contribution in [0.15, 0.2) is 4.79 Å². The fraction of sp³-hybridized carbons (Fsp3) is 0.545. The Kier molecular flexibility index (Phi) is 3.12. The third-order valence-corrected chi connectivity index (χ3v) is 3.15. The lowest BCUT2D eigenvalue weighted by atomic mass is 9.85. The van der Waals surface area contributed by atoms with E-state index in [1.807, 2.05) is 0 Å². The molecule has 1 aliphatic rings. The van der Waals surface area contributed by atoms with Gasteiger partial charge in [-0.3, -0.25) is 9.59 Å². The van der Waals surface area contributed by atoms with Gasteiger partial charge in [0.15, 0.2) is 0 Å². The van der Waals surface area contributed by atoms with Crippen LogP contribution in [0.25, 0.3) is 0 Å². The normalized spacial score (nSPS) is 15.5. The van der Waals surface area contributed by atoms with E-state index in [2.05, 4.69) is 9.97 Å². The molecule has 1 aromatic heterocycles. The molecule has 0 unspecified atom stereocenters. The topological polar surface area (TPSA) is 109 Å². The van der Waals surface area contributed by atoms with Gasteiger partial charge in [-0.05, 0) is 19.3 Å². The van der Waals surface area contributed by atoms with Gasteiger partial charge >= 0.3 is 5.97 Å². The van der Waals surface area contributed by atoms with Crippen LogP contribution in [0.4, 0.5) is 5.82 Å². The van der Waals surface area contributed by atoms with Crippen LogP contribution in [0.3, 0.4) is 0 Å². The highest BCUT2D eigenvalue weighted by molar-refractivity contribution is 5.67. The molecule has 0 saturated heterocycles. The van der Waals surface area contributed by atoms with Crippen LogP contribution in [-0.2, 0) is 11.2 Å². The van der Waals surface area contributed by atoms with E-state index >= 15 is 0 Å². The quantitative estimate of drug-likeness (QED) is 0.711. The molecule has 0 bridgehead atoms. The summed E-state index contributed by atoms with van der Waals surface area (Å²) in [6, 6.07) is 0. The van der Waals surface area contributed by atoms with Crippen molar-refractivity contribution < 1.29 is 9.90 Å². The number of aromatic nitrogens is 2. The number of carboxylic acids is 1. The predicted molar refractivity (Wildman–Crippen MR) is 61.8 cm³/mol. The van der Waals surface area contributed by atoms with Crippen LogP contribution >= 0.6 is 0 Å². The zero-order valence-electron chi connectivity index (χ0n) is 9.40. The SMILES string of the molecule is Nc1nc(C2CCC2)[nH]c(=O)c1CCC(=O)O. The summed E-state index contributed by atoms with van der Waals surface area (Å²) in [5.74, 6) is 0.153. The molecule has 4 N–H and O–H groups in total. The van der Waals surface area contributed by atoms with E-state index in [4.69, 9.17) is 10.8 Å². The standard InChI is InChI=1S/C11H15N3O3/c12-9-7(4-5-8(15)16)11(17)14-10(13-9)6-2-1-3-6/h6H,1-5H2,(H,15,16)(H3,12,13,14,17). The van der Waals surface area contributed by atoms with Crippen molar-refractivity contribution in [2.24, 2.45) is 0 Å². The van der Waals surface area contributed by atoms with E-state index < -0.39 is 5.97 Å². The molecular weight excluding hydrogens is 222 g/mol. The Morgan fingerprint density at radius 1 is 1.53 bits per heavy atom. The predicted octanol–water partition coefficient (Wildman–Crippen LogP) is 0.637. The van der Waals surface area contributed by atoms with Crippen molar-refractivity contribution in [2.45, 2.75) is 38.0 Å². The number of nitrogen functional groups attached to an aromatic ring is 1. The molecule has 0 atom stereocenters. The number of aliphatic carboxylic acids is 1. The first-order valence-corrected chi connectivity index (χ1v) is 5.68. The number of nitrogens with two attached hydrogens (primary N) is 1. The third-order valence-electron chi connectivity index (χ3n) is 3.15. The van der Waals surface area contributed by atoms with Gasteiger partial charge in [0, 0.05) is 12.3 Å². The number of anilines is 1. The van der Waals surface area contributed by atoms with Crippen LogP contribution in [0.1, 0.15) is 43.0 Å². The van der Waals surface area contributed by atoms with Crippen LogP contribution in [0.2, 0.25) is 0 Å². The Labute approximate surface area is 97.9 Å². The van der Waals surface area contributed by atoms with Gasteiger partial charge in [0.25, 0.3) is 5.56 Å². The molecule has 1 fully saturated rings. The first kappa shape index (κ1) is 11.6. The van der Waals surface area contributed by atoms with Crippen molar-refractivity contribution in [3.8, 4) is 0 Å². The monoisotopic (exact) mass is 237 g/mol. The van der Waals surface area contributed by atoms with Crippen molar-refractivity contribution in [3.63, 3.8) is 0 Å². The number of nitrogens with zero attached hydrogens (tertiary/aromatic N) is 1. The van der Waals surface area contributed by atoms with Crippen LogP contribution < -0.4 is 11.3 Å². The zero-order chi connectivity index (χ0) is 12.4. The molecule has 6 nitrogen and oxygen atoms in total. The van der Waals surface area contributed by atoms with Crippen molar-refractivity contribution in [3.05, 3.63) is 21.7 Å². The van der Waals surface area contributed by atoms with Crippen LogP contribution in [0, 0.1) is 0 Å². The van der Waals surface area contributed by atoms with Gasteiger partial charge in [0.1, 0.15) is 11.6 Å². The molecular formula is C11H15N3O3. The lowest BCUT2D eigenvalue weighted by Crippen LogP contribution is -2.24. The molecule has 1 aliphatic carbocycles. The maximum absolute atomic E-state index is 11.7. The molecule has 1 aromatic rings. The Morgan fingerprint density at radius 2 is 2.24 bits per heavy atom. The third kappa shape index (κ3) is 2.46. The van der Waals surface area contributed by atoms with Crippen LogP contribution in [0.5, 0.6) is 0 Å². The summed E-state index contributed by atoms with van der Waals surface area (Å²) in [5.41, 5.74) is 5.67. The lowest BCUT2D eigenvalue weighted by molar-refractivity contribution is -0.136. The lowest BCUT2D eigenvalue weighted by Gasteiger charge is -2.24. The van der Waals surface area contributed by atoms with E-state index in [-0.39, 0.29) is 29.8 Å². The minimum atomic E-state index is -0.952. The molecule has 0 aliphatic heterocycles. The summed E-state index contributed by atoms with van der Waals surface area (Å²) in [5, 5.41) is 8.57. The van der Waals surface area contributed by atoms with E-state index in [9.17, 15) is 9.59 Å². The first-order chi connectivity index (χ1) is 8.08. The molecule has 0 radical (unpaired) electrons. The largest absolute Gasteiger partial charge is 0.481 e. The highest BCUT2D eigenvalue weighted by atomic mass is 16.4. The molecule has 2 rings (SSSR count). The fourth-order valence-corrected chi connectivity index (χ4v) is 1.88. The second kappa shape index (κ2) is 4.57. The summed E-state index contributed by atoms with van der Waals surface area (Å²) in [7, 11) is 0. The number of hydrogen-bond acceptors (Lipinski definition) is 4. The van der Waals surface area contributed by atoms with E-state index in [1.54, 1.807) is 0 Å². The van der Waals surface area contributed by atoms with Gasteiger partial charge in [-0.25, -0.2) is 4.98 Å². The summed E-state index contributed by atoms with van der Waals surface area (Å²) in [4.78, 5) is 29.1. The van der Waals surface area contributed by atoms with Crippen molar-refractivity contribution in [2.75, 3.05) is 5.73 Å². The number of hydrogen-bond donors (Lipinski definition) is 3. The van der Waals surface area contributed by atoms with Gasteiger partial charge in [0.05, 0.1) is 5.56 Å². The molecule has 1 saturated carbocycles. The van der Waals surface area contributed by atoms with E-state index in [1.165, 1.54) is 0 Å². The highest BCUT2D eigenvalue weighted by Crippen LogP contribution is 2.34. The number of aromatic amines is 1. The number of carbonyl (C=O) groups is 1. The number of rotatable bonds is 4. The maximum atomic E-state index is 11.7. The zero-order valence-corrected chi connectivity index (χ0v) is 9.40. The Hall–Kier alpha value is -1.85. The number of H-pyrrole nitrogens is 1. The molecule has 17 heavy (non-hydrogen) atoms. The fourth-order valence-electron chi connectivity index (χ4n) is 1.88. The molecule has 0 spiro atoms. The van der Waals surface area contributed by atoms with Crippen molar-refractivity contribution >= 4 is 11.8 Å². The highest BCUT2D eigenvalue weighted by Gasteiger charge is 2.23. The minimum Gasteiger partial charge on any atom is -0.481 e. The molecule has 6 heteroatoms. The summed E-state index contributed by atoms with van der Waals surface area (Å²) in [6.45, 7) is 0. The van der Waals surface area contributed by atoms with E-state index in [0.717, 1.165) is 19.3 Å². The van der Waals surface area contributed by atoms with Crippen molar-refractivity contribution in [1.82, 2.24) is 9.97 Å². The summed E-state index contributed by atoms with van der Waals surface area (Å²) >= 11 is 0. The van der Waals surface area contributed by atoms with E-state index in [0.29, 0.717) is 11.7 Å². The average Bonchev–Trinajstić information content (AvgIpc) is 2.12. The Bertz CT molecular complexity index is 491. The first-order valence-electron chi connectivity index (χ1n) is 5.68. The van der Waals surface area contributed by atoms with Gasteiger partial charge in [-0.15, -0.1) is 0 Å². The van der Waals surface area contributed by atoms with Crippen LogP contribution in [-0.4, -0.2) is 21.0 Å². The van der Waals surface area contributed by atoms with Gasteiger partial charge < -0.3 is 15.8 Å². The van der Waals surface area contributed by atoms with Crippen molar-refractivity contribution in [1.29, 1.82) is 0 Å². The molecule has 92 valence electrons. The summed E-state index contributed by atoms with van der Waals surface area (Å²) in [6.07, 6.45) is 3.20. The minimum absolute atomic E-state index is 0.113. The number of carboxylic acid groups (broad SMARTS) is 1. The molecule has 0 aromatic carbocycles. The second-order valence-electron chi connectivity index (χ2n) is 4.34. The Balaban J connectivity index is 2.22. The Morgan fingerprint density at radius 3 is 2.71 bits per heavy atom. The maximum Gasteiger partial charge on any atom is 0.303 e. The molecule has 0 amide bonds. The van der Waals surface area contributed by atoms with Gasteiger partial charge in [0.2, 0.25) is 0 Å². The summed E-state index contributed by atoms with van der Waals surface area (Å²) < 4.78 is 0. The van der Waals surface area contributed by atoms with Gasteiger partial charge in [-0.2, -0.15) is 0 Å². The second-order valence-corrected chi connectivity index (χ2v) is 4.34. The average molecular weight is 237 g/mol. The number of nitrogens with one attached hydrogen (secondary N) is 1. The smallest absolute Gasteiger partial charge is 0.303 e. The molecule has 1 heterocycles.